The standard InChI is InChI=1S/C16H10Cl2F3N3O5/c17-10-3-8(4-11(18)15(10)29-7-14(25)26)6-22-23-12-2-1-9(16(19,20)21)5-13(12)24(27)28/h1-6,23H,7H2,(H,25,26)/b22-6-. The van der Waals surface area contributed by atoms with Crippen molar-refractivity contribution in [2.75, 3.05) is 12.0 Å². The number of ether oxygens (including phenoxy) is 1. The molecule has 0 spiro atoms. The van der Waals surface area contributed by atoms with E-state index in [1.165, 1.54) is 12.1 Å². The summed E-state index contributed by atoms with van der Waals surface area (Å²) in [6, 6.07) is 4.60. The summed E-state index contributed by atoms with van der Waals surface area (Å²) < 4.78 is 43.1. The summed E-state index contributed by atoms with van der Waals surface area (Å²) in [5.74, 6) is -1.29. The van der Waals surface area contributed by atoms with E-state index in [1.807, 2.05) is 0 Å². The molecule has 154 valence electrons. The number of halogens is 5. The lowest BCUT2D eigenvalue weighted by Crippen LogP contribution is -2.10. The first-order valence-electron chi connectivity index (χ1n) is 7.47. The number of rotatable bonds is 7. The zero-order chi connectivity index (χ0) is 21.8. The Morgan fingerprint density at radius 1 is 1.28 bits per heavy atom. The van der Waals surface area contributed by atoms with Gasteiger partial charge in [0.05, 0.1) is 26.7 Å². The lowest BCUT2D eigenvalue weighted by molar-refractivity contribution is -0.384. The highest BCUT2D eigenvalue weighted by molar-refractivity contribution is 6.37. The summed E-state index contributed by atoms with van der Waals surface area (Å²) >= 11 is 11.9. The van der Waals surface area contributed by atoms with E-state index in [0.29, 0.717) is 17.7 Å². The molecular formula is C16H10Cl2F3N3O5. The Balaban J connectivity index is 2.21. The van der Waals surface area contributed by atoms with Gasteiger partial charge in [0.25, 0.3) is 5.69 Å². The molecule has 0 amide bonds. The van der Waals surface area contributed by atoms with Crippen LogP contribution in [0.5, 0.6) is 5.75 Å². The molecule has 8 nitrogen and oxygen atoms in total. The summed E-state index contributed by atoms with van der Waals surface area (Å²) in [6.45, 7) is -0.661. The molecule has 0 radical (unpaired) electrons. The van der Waals surface area contributed by atoms with Gasteiger partial charge < -0.3 is 9.84 Å². The Labute approximate surface area is 170 Å². The van der Waals surface area contributed by atoms with Crippen LogP contribution in [0.25, 0.3) is 0 Å². The van der Waals surface area contributed by atoms with E-state index in [4.69, 9.17) is 33.0 Å². The Bertz CT molecular complexity index is 960. The molecule has 0 saturated carbocycles. The lowest BCUT2D eigenvalue weighted by atomic mass is 10.1. The first kappa shape index (κ1) is 22.2. The highest BCUT2D eigenvalue weighted by Crippen LogP contribution is 2.35. The van der Waals surface area contributed by atoms with Gasteiger partial charge in [0.1, 0.15) is 5.69 Å². The second kappa shape index (κ2) is 8.97. The predicted octanol–water partition coefficient (Wildman–Crippen LogP) is 4.83. The van der Waals surface area contributed by atoms with Gasteiger partial charge in [-0.05, 0) is 29.8 Å². The molecule has 0 saturated heterocycles. The highest BCUT2D eigenvalue weighted by Gasteiger charge is 2.33. The van der Waals surface area contributed by atoms with Crippen molar-refractivity contribution < 1.29 is 32.7 Å². The van der Waals surface area contributed by atoms with E-state index in [1.54, 1.807) is 0 Å². The number of nitro groups is 1. The predicted molar refractivity (Wildman–Crippen MR) is 98.9 cm³/mol. The van der Waals surface area contributed by atoms with Crippen LogP contribution in [0.3, 0.4) is 0 Å². The maximum Gasteiger partial charge on any atom is 0.416 e. The summed E-state index contributed by atoms with van der Waals surface area (Å²) in [5.41, 5.74) is 0.338. The van der Waals surface area contributed by atoms with Gasteiger partial charge in [-0.3, -0.25) is 15.5 Å². The van der Waals surface area contributed by atoms with Crippen LogP contribution in [0.15, 0.2) is 35.4 Å². The molecule has 0 aromatic heterocycles. The quantitative estimate of drug-likeness (QED) is 0.354. The number of nitro benzene ring substituents is 1. The minimum Gasteiger partial charge on any atom is -0.479 e. The van der Waals surface area contributed by atoms with E-state index >= 15 is 0 Å². The molecule has 13 heteroatoms. The van der Waals surface area contributed by atoms with E-state index in [0.717, 1.165) is 12.3 Å². The van der Waals surface area contributed by atoms with E-state index in [-0.39, 0.29) is 21.5 Å². The number of hydrogen-bond donors (Lipinski definition) is 2. The number of carboxylic acid groups (broad SMARTS) is 1. The van der Waals surface area contributed by atoms with Crippen molar-refractivity contribution in [1.82, 2.24) is 0 Å². The number of nitrogens with zero attached hydrogens (tertiary/aromatic N) is 2. The molecule has 0 unspecified atom stereocenters. The zero-order valence-electron chi connectivity index (χ0n) is 14.0. The largest absolute Gasteiger partial charge is 0.479 e. The van der Waals surface area contributed by atoms with Crippen LogP contribution in [0.4, 0.5) is 24.5 Å². The smallest absolute Gasteiger partial charge is 0.416 e. The first-order chi connectivity index (χ1) is 13.5. The lowest BCUT2D eigenvalue weighted by Gasteiger charge is -2.09. The van der Waals surface area contributed by atoms with Crippen molar-refractivity contribution in [2.24, 2.45) is 5.10 Å². The van der Waals surface area contributed by atoms with Crippen molar-refractivity contribution in [1.29, 1.82) is 0 Å². The second-order valence-corrected chi connectivity index (χ2v) is 6.17. The summed E-state index contributed by atoms with van der Waals surface area (Å²) in [5, 5.41) is 23.3. The third kappa shape index (κ3) is 5.96. The summed E-state index contributed by atoms with van der Waals surface area (Å²) in [7, 11) is 0. The van der Waals surface area contributed by atoms with Crippen LogP contribution in [-0.2, 0) is 11.0 Å². The van der Waals surface area contributed by atoms with Gasteiger partial charge in [-0.1, -0.05) is 23.2 Å². The van der Waals surface area contributed by atoms with Crippen LogP contribution >= 0.6 is 23.2 Å². The van der Waals surface area contributed by atoms with Crippen LogP contribution < -0.4 is 10.2 Å². The molecule has 2 aromatic rings. The van der Waals surface area contributed by atoms with Gasteiger partial charge >= 0.3 is 12.1 Å². The van der Waals surface area contributed by atoms with Gasteiger partial charge in [-0.2, -0.15) is 18.3 Å². The molecule has 0 atom stereocenters. The minimum atomic E-state index is -4.73. The fourth-order valence-electron chi connectivity index (χ4n) is 2.06. The normalized spacial score (nSPS) is 11.5. The maximum absolute atomic E-state index is 12.7. The number of hydrazone groups is 1. The Hall–Kier alpha value is -3.05. The topological polar surface area (TPSA) is 114 Å². The molecule has 0 aliphatic heterocycles. The fraction of sp³-hybridized carbons (Fsp3) is 0.125. The molecule has 2 aromatic carbocycles. The number of hydrogen-bond acceptors (Lipinski definition) is 6. The van der Waals surface area contributed by atoms with Gasteiger partial charge in [-0.15, -0.1) is 0 Å². The number of carboxylic acids is 1. The minimum absolute atomic E-state index is 0.0132. The monoisotopic (exact) mass is 451 g/mol. The third-order valence-corrected chi connectivity index (χ3v) is 3.84. The molecule has 0 bridgehead atoms. The number of alkyl halides is 3. The van der Waals surface area contributed by atoms with Crippen LogP contribution in [0.2, 0.25) is 10.0 Å². The van der Waals surface area contributed by atoms with Crippen LogP contribution in [-0.4, -0.2) is 28.8 Å². The van der Waals surface area contributed by atoms with Gasteiger partial charge in [-0.25, -0.2) is 4.79 Å². The molecule has 0 aliphatic carbocycles. The van der Waals surface area contributed by atoms with Gasteiger partial charge in [0.15, 0.2) is 12.4 Å². The summed E-state index contributed by atoms with van der Waals surface area (Å²) in [6.07, 6.45) is -3.58. The van der Waals surface area contributed by atoms with Crippen molar-refractivity contribution in [2.45, 2.75) is 6.18 Å². The Morgan fingerprint density at radius 2 is 1.90 bits per heavy atom. The van der Waals surface area contributed by atoms with Crippen molar-refractivity contribution >= 4 is 46.8 Å². The Kier molecular flexibility index (Phi) is 6.88. The molecule has 29 heavy (non-hydrogen) atoms. The van der Waals surface area contributed by atoms with Gasteiger partial charge in [0.2, 0.25) is 0 Å². The number of nitrogens with one attached hydrogen (secondary N) is 1. The van der Waals surface area contributed by atoms with Crippen molar-refractivity contribution in [3.63, 3.8) is 0 Å². The number of aliphatic carboxylic acids is 1. The number of anilines is 1. The molecule has 0 heterocycles. The SMILES string of the molecule is O=C(O)COc1c(Cl)cc(/C=N\Nc2ccc(C(F)(F)F)cc2[N+](=O)[O-])cc1Cl. The summed E-state index contributed by atoms with van der Waals surface area (Å²) in [4.78, 5) is 20.6. The Morgan fingerprint density at radius 3 is 2.41 bits per heavy atom. The molecule has 0 aliphatic rings. The number of carbonyl (C=O) groups is 1. The number of benzene rings is 2. The maximum atomic E-state index is 12.7. The average Bonchev–Trinajstić information content (AvgIpc) is 2.59. The first-order valence-corrected chi connectivity index (χ1v) is 8.23. The second-order valence-electron chi connectivity index (χ2n) is 5.35. The fourth-order valence-corrected chi connectivity index (χ4v) is 2.67. The molecular weight excluding hydrogens is 442 g/mol. The van der Waals surface area contributed by atoms with Crippen molar-refractivity contribution in [3.05, 3.63) is 61.6 Å². The average molecular weight is 452 g/mol. The van der Waals surface area contributed by atoms with Crippen molar-refractivity contribution in [3.8, 4) is 5.75 Å². The molecule has 0 fully saturated rings. The van der Waals surface area contributed by atoms with Crippen LogP contribution in [0, 0.1) is 10.1 Å². The van der Waals surface area contributed by atoms with Gasteiger partial charge in [0, 0.05) is 6.07 Å². The van der Waals surface area contributed by atoms with E-state index in [9.17, 15) is 28.1 Å². The zero-order valence-corrected chi connectivity index (χ0v) is 15.5. The highest BCUT2D eigenvalue weighted by atomic mass is 35.5. The van der Waals surface area contributed by atoms with E-state index in [2.05, 4.69) is 10.5 Å². The van der Waals surface area contributed by atoms with E-state index < -0.39 is 34.9 Å². The molecule has 2 rings (SSSR count). The molecule has 2 N–H and O–H groups in total. The van der Waals surface area contributed by atoms with Crippen LogP contribution in [0.1, 0.15) is 11.1 Å². The third-order valence-electron chi connectivity index (χ3n) is 3.28.